The van der Waals surface area contributed by atoms with E-state index in [1.807, 2.05) is 6.92 Å². The van der Waals surface area contributed by atoms with Gasteiger partial charge in [0.2, 0.25) is 0 Å². The Morgan fingerprint density at radius 2 is 1.57 bits per heavy atom. The molecule has 15 nitrogen and oxygen atoms in total. The van der Waals surface area contributed by atoms with E-state index in [0.717, 1.165) is 12.8 Å². The third kappa shape index (κ3) is 9.03. The van der Waals surface area contributed by atoms with Gasteiger partial charge in [-0.15, -0.1) is 0 Å². The summed E-state index contributed by atoms with van der Waals surface area (Å²) in [6.45, 7) is 3.65. The van der Waals surface area contributed by atoms with Gasteiger partial charge in [0.25, 0.3) is 5.56 Å². The van der Waals surface area contributed by atoms with Gasteiger partial charge in [0, 0.05) is 11.8 Å². The second kappa shape index (κ2) is 9.24. The summed E-state index contributed by atoms with van der Waals surface area (Å²) in [7, 11) is -16.2. The Morgan fingerprint density at radius 3 is 1.96 bits per heavy atom. The van der Waals surface area contributed by atoms with Crippen LogP contribution in [0.15, 0.2) is 15.8 Å². The number of ether oxygens (including phenoxy) is 1. The largest absolute Gasteiger partial charge is 0.490 e. The quantitative estimate of drug-likeness (QED) is 0.309. The molecule has 1 aromatic heterocycles. The number of aromatic nitrogens is 2. The molecule has 1 saturated heterocycles. The zero-order valence-electron chi connectivity index (χ0n) is 14.4. The van der Waals surface area contributed by atoms with Gasteiger partial charge >= 0.3 is 29.2 Å². The predicted octanol–water partition coefficient (Wildman–Crippen LogP) is -0.152. The number of hydrogen-bond donors (Lipinski definition) is 6. The lowest BCUT2D eigenvalue weighted by atomic mass is 10.2. The Morgan fingerprint density at radius 1 is 1.07 bits per heavy atom. The molecule has 2 rings (SSSR count). The van der Waals surface area contributed by atoms with Crippen molar-refractivity contribution in [2.45, 2.75) is 39.0 Å². The normalized spacial score (nSPS) is 20.5. The molecule has 0 bridgehead atoms. The van der Waals surface area contributed by atoms with Gasteiger partial charge in [-0.1, -0.05) is 0 Å². The van der Waals surface area contributed by atoms with Crippen LogP contribution in [0.4, 0.5) is 0 Å². The summed E-state index contributed by atoms with van der Waals surface area (Å²) in [5.74, 6) is 0. The zero-order chi connectivity index (χ0) is 21.9. The summed E-state index contributed by atoms with van der Waals surface area (Å²) in [5.41, 5.74) is -0.204. The van der Waals surface area contributed by atoms with Gasteiger partial charge in [-0.05, 0) is 26.7 Å². The molecule has 2 atom stereocenters. The number of aromatic amines is 1. The SMILES string of the molecule is Cc1cn([C@H]2CC[C@@H](C)O2)c(=O)[nH]c1=O.O=P(O)(O)OP(=O)(O)OP(=O)(O)O. The van der Waals surface area contributed by atoms with E-state index in [-0.39, 0.29) is 17.9 Å². The third-order valence-corrected chi connectivity index (χ3v) is 6.44. The number of phosphoric acid groups is 3. The first kappa shape index (κ1) is 25.1. The van der Waals surface area contributed by atoms with Gasteiger partial charge < -0.3 is 29.2 Å². The van der Waals surface area contributed by atoms with E-state index in [4.69, 9.17) is 29.2 Å². The lowest BCUT2D eigenvalue weighted by Crippen LogP contribution is -2.33. The van der Waals surface area contributed by atoms with Crippen molar-refractivity contribution >= 4 is 23.5 Å². The summed E-state index contributed by atoms with van der Waals surface area (Å²) in [6, 6.07) is 0. The van der Waals surface area contributed by atoms with Crippen molar-refractivity contribution in [2.75, 3.05) is 0 Å². The summed E-state index contributed by atoms with van der Waals surface area (Å²) in [5, 5.41) is 0. The Kier molecular flexibility index (Phi) is 8.28. The van der Waals surface area contributed by atoms with E-state index in [0.29, 0.717) is 5.56 Å². The molecule has 6 N–H and O–H groups in total. The van der Waals surface area contributed by atoms with Crippen LogP contribution in [-0.2, 0) is 27.1 Å². The summed E-state index contributed by atoms with van der Waals surface area (Å²) < 4.78 is 43.4. The number of nitrogens with zero attached hydrogens (tertiary/aromatic N) is 1. The summed E-state index contributed by atoms with van der Waals surface area (Å²) >= 11 is 0. The van der Waals surface area contributed by atoms with Crippen molar-refractivity contribution < 1.29 is 51.5 Å². The highest BCUT2D eigenvalue weighted by Gasteiger charge is 2.38. The number of hydrogen-bond acceptors (Lipinski definition) is 8. The third-order valence-electron chi connectivity index (χ3n) is 3.08. The maximum absolute atomic E-state index is 11.5. The maximum atomic E-state index is 11.5. The van der Waals surface area contributed by atoms with Crippen molar-refractivity contribution in [1.29, 1.82) is 0 Å². The Hall–Kier alpha value is -0.950. The van der Waals surface area contributed by atoms with Gasteiger partial charge in [-0.25, -0.2) is 18.5 Å². The van der Waals surface area contributed by atoms with Gasteiger partial charge in [0.05, 0.1) is 6.10 Å². The molecule has 28 heavy (non-hydrogen) atoms. The van der Waals surface area contributed by atoms with Gasteiger partial charge in [0.1, 0.15) is 6.23 Å². The highest BCUT2D eigenvalue weighted by Crippen LogP contribution is 2.64. The average Bonchev–Trinajstić information content (AvgIpc) is 2.84. The number of nitrogens with one attached hydrogen (secondary N) is 1. The fourth-order valence-electron chi connectivity index (χ4n) is 2.07. The fourth-order valence-corrected chi connectivity index (χ4v) is 4.61. The molecule has 0 saturated carbocycles. The van der Waals surface area contributed by atoms with Crippen molar-refractivity contribution in [3.8, 4) is 0 Å². The number of aryl methyl sites for hydroxylation is 1. The van der Waals surface area contributed by atoms with Crippen molar-refractivity contribution in [1.82, 2.24) is 9.55 Å². The van der Waals surface area contributed by atoms with Gasteiger partial charge in [-0.3, -0.25) is 14.3 Å². The van der Waals surface area contributed by atoms with Crippen LogP contribution in [-0.4, -0.2) is 40.1 Å². The van der Waals surface area contributed by atoms with Crippen LogP contribution < -0.4 is 11.2 Å². The maximum Gasteiger partial charge on any atom is 0.490 e. The zero-order valence-corrected chi connectivity index (χ0v) is 17.1. The van der Waals surface area contributed by atoms with Crippen LogP contribution in [0.1, 0.15) is 31.6 Å². The second-order valence-electron chi connectivity index (χ2n) is 5.57. The summed E-state index contributed by atoms with van der Waals surface area (Å²) in [4.78, 5) is 65.2. The molecule has 0 radical (unpaired) electrons. The molecule has 1 aliphatic heterocycles. The molecule has 1 aromatic rings. The second-order valence-corrected chi connectivity index (χ2v) is 9.78. The molecule has 0 unspecified atom stereocenters. The molecule has 0 aromatic carbocycles. The molecule has 18 heteroatoms. The highest BCUT2D eigenvalue weighted by atomic mass is 31.3. The first-order chi connectivity index (χ1) is 12.5. The van der Waals surface area contributed by atoms with Crippen molar-refractivity contribution in [2.24, 2.45) is 0 Å². The average molecular weight is 468 g/mol. The smallest absolute Gasteiger partial charge is 0.355 e. The lowest BCUT2D eigenvalue weighted by molar-refractivity contribution is 0.00779. The van der Waals surface area contributed by atoms with E-state index >= 15 is 0 Å². The number of H-pyrrole nitrogens is 1. The first-order valence-corrected chi connectivity index (χ1v) is 11.9. The first-order valence-electron chi connectivity index (χ1n) is 7.33. The molecule has 162 valence electrons. The van der Waals surface area contributed by atoms with Crippen molar-refractivity contribution in [3.05, 3.63) is 32.6 Å². The molecule has 0 amide bonds. The van der Waals surface area contributed by atoms with Crippen LogP contribution in [0.5, 0.6) is 0 Å². The van der Waals surface area contributed by atoms with Crippen LogP contribution in [0.2, 0.25) is 0 Å². The molecule has 0 aliphatic carbocycles. The lowest BCUT2D eigenvalue weighted by Gasteiger charge is -2.14. The fraction of sp³-hybridized carbons (Fsp3) is 0.600. The molecule has 0 spiro atoms. The van der Waals surface area contributed by atoms with Crippen LogP contribution >= 0.6 is 23.5 Å². The van der Waals surface area contributed by atoms with E-state index in [9.17, 15) is 23.3 Å². The van der Waals surface area contributed by atoms with E-state index in [1.54, 1.807) is 13.1 Å². The van der Waals surface area contributed by atoms with Crippen LogP contribution in [0.25, 0.3) is 0 Å². The monoisotopic (exact) mass is 468 g/mol. The molecular formula is C10H19N2O13P3. The van der Waals surface area contributed by atoms with E-state index < -0.39 is 29.2 Å². The minimum atomic E-state index is -5.46. The van der Waals surface area contributed by atoms with Crippen LogP contribution in [0.3, 0.4) is 0 Å². The van der Waals surface area contributed by atoms with E-state index in [2.05, 4.69) is 13.6 Å². The molecular weight excluding hydrogens is 449 g/mol. The predicted molar refractivity (Wildman–Crippen MR) is 91.0 cm³/mol. The molecule has 1 aliphatic rings. The topological polar surface area (TPSA) is 235 Å². The van der Waals surface area contributed by atoms with Crippen molar-refractivity contribution in [3.63, 3.8) is 0 Å². The minimum Gasteiger partial charge on any atom is -0.355 e. The van der Waals surface area contributed by atoms with Gasteiger partial charge in [0.15, 0.2) is 0 Å². The molecule has 1 fully saturated rings. The standard InChI is InChI=1S/C10H14N2O3.H5O10P3/c1-6-5-12(10(14)11-9(6)13)8-4-3-7(2)15-8;1-11(2,3)9-13(7,8)10-12(4,5)6/h5,7-8H,3-4H2,1-2H3,(H,11,13,14);(H,7,8)(H2,1,2,3)(H2,4,5,6)/t7-,8-;/m1./s1. The Bertz CT molecular complexity index is 915. The molecule has 2 heterocycles. The van der Waals surface area contributed by atoms with Crippen LogP contribution in [0, 0.1) is 6.92 Å². The highest BCUT2D eigenvalue weighted by molar-refractivity contribution is 7.66. The Labute approximate surface area is 157 Å². The summed E-state index contributed by atoms with van der Waals surface area (Å²) in [6.07, 6.45) is 3.25. The van der Waals surface area contributed by atoms with E-state index in [1.165, 1.54) is 4.57 Å². The van der Waals surface area contributed by atoms with Gasteiger partial charge in [-0.2, -0.15) is 8.62 Å². The number of rotatable bonds is 5. The Balaban J connectivity index is 0.000000284. The minimum absolute atomic E-state index is 0.175.